The van der Waals surface area contributed by atoms with Crippen molar-refractivity contribution in [3.63, 3.8) is 0 Å². The Balaban J connectivity index is 1.56. The summed E-state index contributed by atoms with van der Waals surface area (Å²) >= 11 is 1.59. The maximum atomic E-state index is 12.0. The number of nitro benzene ring substituents is 1. The van der Waals surface area contributed by atoms with Gasteiger partial charge < -0.3 is 5.32 Å². The molecule has 0 aliphatic rings. The Labute approximate surface area is 149 Å². The van der Waals surface area contributed by atoms with E-state index >= 15 is 0 Å². The number of nitrogens with zero attached hydrogens (tertiary/aromatic N) is 1. The van der Waals surface area contributed by atoms with Crippen LogP contribution in [-0.4, -0.2) is 16.6 Å². The van der Waals surface area contributed by atoms with E-state index in [1.165, 1.54) is 17.5 Å². The van der Waals surface area contributed by atoms with Gasteiger partial charge in [-0.05, 0) is 29.0 Å². The average Bonchev–Trinajstić information content (AvgIpc) is 2.62. The van der Waals surface area contributed by atoms with Crippen LogP contribution in [0.1, 0.15) is 6.42 Å². The molecule has 0 aromatic heterocycles. The third-order valence-electron chi connectivity index (χ3n) is 3.69. The lowest BCUT2D eigenvalue weighted by Gasteiger charge is -2.06. The molecule has 1 N–H and O–H groups in total. The molecular formula is C19H16N2O3S. The van der Waals surface area contributed by atoms with Crippen LogP contribution in [-0.2, 0) is 4.79 Å². The monoisotopic (exact) mass is 352 g/mol. The van der Waals surface area contributed by atoms with Crippen molar-refractivity contribution >= 4 is 39.8 Å². The molecule has 0 heterocycles. The van der Waals surface area contributed by atoms with E-state index in [1.54, 1.807) is 23.9 Å². The average molecular weight is 352 g/mol. The number of carbonyl (C=O) groups excluding carboxylic acids is 1. The number of hydrogen-bond donors (Lipinski definition) is 1. The lowest BCUT2D eigenvalue weighted by atomic mass is 10.1. The second-order valence-electron chi connectivity index (χ2n) is 5.43. The molecule has 0 saturated carbocycles. The van der Waals surface area contributed by atoms with E-state index in [2.05, 4.69) is 29.6 Å². The van der Waals surface area contributed by atoms with Gasteiger partial charge >= 0.3 is 0 Å². The van der Waals surface area contributed by atoms with Crippen LogP contribution in [0.25, 0.3) is 10.8 Å². The van der Waals surface area contributed by atoms with Crippen molar-refractivity contribution in [1.29, 1.82) is 0 Å². The molecule has 0 radical (unpaired) electrons. The standard InChI is InChI=1S/C19H16N2O3S/c22-19(20-17-7-3-4-8-18(17)21(23)24)11-12-25-16-10-9-14-5-1-2-6-15(14)13-16/h1-10,13H,11-12H2,(H,20,22). The first-order valence-corrected chi connectivity index (χ1v) is 8.77. The smallest absolute Gasteiger partial charge is 0.292 e. The van der Waals surface area contributed by atoms with Gasteiger partial charge in [0.05, 0.1) is 4.92 Å². The summed E-state index contributed by atoms with van der Waals surface area (Å²) in [5.74, 6) is 0.368. The Hall–Kier alpha value is -2.86. The second kappa shape index (κ2) is 7.81. The van der Waals surface area contributed by atoms with Crippen molar-refractivity contribution in [1.82, 2.24) is 0 Å². The van der Waals surface area contributed by atoms with Gasteiger partial charge in [-0.1, -0.05) is 42.5 Å². The summed E-state index contributed by atoms with van der Waals surface area (Å²) in [5.41, 5.74) is 0.131. The van der Waals surface area contributed by atoms with Crippen molar-refractivity contribution in [3.8, 4) is 0 Å². The second-order valence-corrected chi connectivity index (χ2v) is 6.60. The molecule has 0 aliphatic carbocycles. The summed E-state index contributed by atoms with van der Waals surface area (Å²) in [6.07, 6.45) is 0.281. The number of amides is 1. The molecule has 6 heteroatoms. The number of nitrogens with one attached hydrogen (secondary N) is 1. The molecule has 0 atom stereocenters. The summed E-state index contributed by atoms with van der Waals surface area (Å²) < 4.78 is 0. The topological polar surface area (TPSA) is 72.2 Å². The fourth-order valence-electron chi connectivity index (χ4n) is 2.47. The van der Waals surface area contributed by atoms with Gasteiger partial charge in [-0.25, -0.2) is 0 Å². The predicted octanol–water partition coefficient (Wildman–Crippen LogP) is 4.87. The quantitative estimate of drug-likeness (QED) is 0.390. The number of rotatable bonds is 6. The number of fused-ring (bicyclic) bond motifs is 1. The highest BCUT2D eigenvalue weighted by Gasteiger charge is 2.14. The van der Waals surface area contributed by atoms with Crippen molar-refractivity contribution in [2.24, 2.45) is 0 Å². The van der Waals surface area contributed by atoms with Crippen LogP contribution in [0.3, 0.4) is 0 Å². The van der Waals surface area contributed by atoms with Crippen LogP contribution in [0.2, 0.25) is 0 Å². The molecule has 3 aromatic carbocycles. The van der Waals surface area contributed by atoms with Crippen LogP contribution >= 0.6 is 11.8 Å². The van der Waals surface area contributed by atoms with Gasteiger partial charge in [0.1, 0.15) is 5.69 Å². The zero-order chi connectivity index (χ0) is 17.6. The third kappa shape index (κ3) is 4.36. The summed E-state index contributed by atoms with van der Waals surface area (Å²) in [6.45, 7) is 0. The molecule has 0 aliphatic heterocycles. The maximum Gasteiger partial charge on any atom is 0.292 e. The van der Waals surface area contributed by atoms with Gasteiger partial charge in [-0.2, -0.15) is 0 Å². The highest BCUT2D eigenvalue weighted by atomic mass is 32.2. The third-order valence-corrected chi connectivity index (χ3v) is 4.69. The molecule has 5 nitrogen and oxygen atoms in total. The van der Waals surface area contributed by atoms with Gasteiger partial charge in [0.15, 0.2) is 0 Å². The first kappa shape index (κ1) is 17.0. The molecule has 1 amide bonds. The van der Waals surface area contributed by atoms with E-state index in [4.69, 9.17) is 0 Å². The highest BCUT2D eigenvalue weighted by Crippen LogP contribution is 2.25. The SMILES string of the molecule is O=C(CCSc1ccc2ccccc2c1)Nc1ccccc1[N+](=O)[O-]. The summed E-state index contributed by atoms with van der Waals surface area (Å²) in [6, 6.07) is 20.4. The van der Waals surface area contributed by atoms with Gasteiger partial charge in [-0.3, -0.25) is 14.9 Å². The van der Waals surface area contributed by atoms with Crippen LogP contribution in [0, 0.1) is 10.1 Å². The largest absolute Gasteiger partial charge is 0.320 e. The van der Waals surface area contributed by atoms with E-state index in [9.17, 15) is 14.9 Å². The van der Waals surface area contributed by atoms with Gasteiger partial charge in [0.2, 0.25) is 5.91 Å². The van der Waals surface area contributed by atoms with E-state index in [0.717, 1.165) is 10.3 Å². The first-order chi connectivity index (χ1) is 12.1. The minimum atomic E-state index is -0.501. The molecule has 25 heavy (non-hydrogen) atoms. The lowest BCUT2D eigenvalue weighted by Crippen LogP contribution is -2.13. The van der Waals surface area contributed by atoms with Crippen LogP contribution < -0.4 is 5.32 Å². The van der Waals surface area contributed by atoms with Crippen LogP contribution in [0.5, 0.6) is 0 Å². The van der Waals surface area contributed by atoms with E-state index in [1.807, 2.05) is 18.2 Å². The van der Waals surface area contributed by atoms with Crippen LogP contribution in [0.4, 0.5) is 11.4 Å². The van der Waals surface area contributed by atoms with Crippen molar-refractivity contribution in [2.75, 3.05) is 11.1 Å². The number of anilines is 1. The zero-order valence-corrected chi connectivity index (χ0v) is 14.2. The Morgan fingerprint density at radius 2 is 1.72 bits per heavy atom. The number of nitro groups is 1. The summed E-state index contributed by atoms with van der Waals surface area (Å²) in [7, 11) is 0. The van der Waals surface area contributed by atoms with Crippen molar-refractivity contribution < 1.29 is 9.72 Å². The number of para-hydroxylation sites is 2. The fourth-order valence-corrected chi connectivity index (χ4v) is 3.37. The first-order valence-electron chi connectivity index (χ1n) is 7.78. The molecule has 0 spiro atoms. The van der Waals surface area contributed by atoms with Crippen molar-refractivity contribution in [2.45, 2.75) is 11.3 Å². The molecular weight excluding hydrogens is 336 g/mol. The highest BCUT2D eigenvalue weighted by molar-refractivity contribution is 7.99. The summed E-state index contributed by atoms with van der Waals surface area (Å²) in [4.78, 5) is 23.6. The van der Waals surface area contributed by atoms with E-state index in [-0.39, 0.29) is 23.7 Å². The molecule has 3 aromatic rings. The fraction of sp³-hybridized carbons (Fsp3) is 0.105. The predicted molar refractivity (Wildman–Crippen MR) is 101 cm³/mol. The molecule has 126 valence electrons. The Morgan fingerprint density at radius 3 is 2.52 bits per heavy atom. The molecule has 0 unspecified atom stereocenters. The minimum Gasteiger partial charge on any atom is -0.320 e. The molecule has 0 fully saturated rings. The molecule has 3 rings (SSSR count). The van der Waals surface area contributed by atoms with E-state index < -0.39 is 4.92 Å². The normalized spacial score (nSPS) is 10.6. The number of hydrogen-bond acceptors (Lipinski definition) is 4. The number of carbonyl (C=O) groups is 1. The lowest BCUT2D eigenvalue weighted by molar-refractivity contribution is -0.383. The number of benzene rings is 3. The minimum absolute atomic E-state index is 0.0990. The number of thioether (sulfide) groups is 1. The molecule has 0 bridgehead atoms. The Morgan fingerprint density at radius 1 is 1.00 bits per heavy atom. The summed E-state index contributed by atoms with van der Waals surface area (Å²) in [5, 5.41) is 15.9. The van der Waals surface area contributed by atoms with E-state index in [0.29, 0.717) is 5.75 Å². The van der Waals surface area contributed by atoms with Gasteiger partial charge in [0, 0.05) is 23.1 Å². The van der Waals surface area contributed by atoms with Crippen molar-refractivity contribution in [3.05, 3.63) is 76.8 Å². The van der Waals surface area contributed by atoms with Gasteiger partial charge in [-0.15, -0.1) is 11.8 Å². The Kier molecular flexibility index (Phi) is 5.30. The van der Waals surface area contributed by atoms with Crippen LogP contribution in [0.15, 0.2) is 71.6 Å². The van der Waals surface area contributed by atoms with Gasteiger partial charge in [0.25, 0.3) is 5.69 Å². The zero-order valence-electron chi connectivity index (χ0n) is 13.3. The Bertz CT molecular complexity index is 927. The molecule has 0 saturated heterocycles. The maximum absolute atomic E-state index is 12.0.